The Balaban J connectivity index is 2.96. The van der Waals surface area contributed by atoms with Gasteiger partial charge in [0, 0.05) is 18.4 Å². The lowest BCUT2D eigenvalue weighted by molar-refractivity contribution is -0.116. The van der Waals surface area contributed by atoms with Crippen LogP contribution in [-0.4, -0.2) is 35.1 Å². The number of nitrogens with two attached hydrogens (primary N) is 1. The van der Waals surface area contributed by atoms with E-state index < -0.39 is 11.9 Å². The monoisotopic (exact) mass is 223 g/mol. The van der Waals surface area contributed by atoms with Gasteiger partial charge >= 0.3 is 5.97 Å². The van der Waals surface area contributed by atoms with Crippen molar-refractivity contribution in [1.29, 1.82) is 0 Å². The molecular weight excluding hydrogens is 210 g/mol. The smallest absolute Gasteiger partial charge is 0.354 e. The predicted molar refractivity (Wildman–Crippen MR) is 58.3 cm³/mol. The topological polar surface area (TPSA) is 96.5 Å². The number of anilines is 1. The average molecular weight is 223 g/mol. The zero-order valence-corrected chi connectivity index (χ0v) is 8.88. The van der Waals surface area contributed by atoms with E-state index in [1.807, 2.05) is 6.92 Å². The van der Waals surface area contributed by atoms with Crippen LogP contribution >= 0.6 is 0 Å². The third-order valence-electron chi connectivity index (χ3n) is 2.06. The summed E-state index contributed by atoms with van der Waals surface area (Å²) in [7, 11) is 0. The highest BCUT2D eigenvalue weighted by atomic mass is 16.4. The van der Waals surface area contributed by atoms with Crippen molar-refractivity contribution in [3.05, 3.63) is 24.0 Å². The highest BCUT2D eigenvalue weighted by Crippen LogP contribution is 2.13. The van der Waals surface area contributed by atoms with Crippen molar-refractivity contribution >= 4 is 17.6 Å². The number of aromatic carboxylic acids is 1. The van der Waals surface area contributed by atoms with Gasteiger partial charge < -0.3 is 15.7 Å². The standard InChI is InChI=1S/C10H13N3O3/c1-2-13(6-9(11)14)7-3-4-12-8(5-7)10(15)16/h3-5H,2,6H2,1H3,(H2,11,14)(H,15,16). The van der Waals surface area contributed by atoms with Gasteiger partial charge in [-0.15, -0.1) is 0 Å². The molecule has 6 heteroatoms. The largest absolute Gasteiger partial charge is 0.477 e. The number of amides is 1. The molecule has 0 saturated heterocycles. The fourth-order valence-corrected chi connectivity index (χ4v) is 1.31. The van der Waals surface area contributed by atoms with Gasteiger partial charge in [-0.05, 0) is 19.1 Å². The number of pyridine rings is 1. The fourth-order valence-electron chi connectivity index (χ4n) is 1.31. The van der Waals surface area contributed by atoms with E-state index in [2.05, 4.69) is 4.98 Å². The van der Waals surface area contributed by atoms with E-state index in [1.165, 1.54) is 12.3 Å². The molecule has 0 fully saturated rings. The lowest BCUT2D eigenvalue weighted by atomic mass is 10.3. The lowest BCUT2D eigenvalue weighted by Crippen LogP contribution is -2.33. The van der Waals surface area contributed by atoms with Crippen LogP contribution < -0.4 is 10.6 Å². The van der Waals surface area contributed by atoms with E-state index in [-0.39, 0.29) is 12.2 Å². The SMILES string of the molecule is CCN(CC(N)=O)c1ccnc(C(=O)O)c1. The van der Waals surface area contributed by atoms with Crippen molar-refractivity contribution in [2.24, 2.45) is 5.73 Å². The summed E-state index contributed by atoms with van der Waals surface area (Å²) in [5.41, 5.74) is 5.66. The molecule has 0 unspecified atom stereocenters. The van der Waals surface area contributed by atoms with E-state index in [0.29, 0.717) is 12.2 Å². The first-order valence-electron chi connectivity index (χ1n) is 4.77. The number of primary amides is 1. The van der Waals surface area contributed by atoms with Gasteiger partial charge in [0.05, 0.1) is 6.54 Å². The first kappa shape index (κ1) is 12.0. The molecule has 0 aromatic carbocycles. The minimum absolute atomic E-state index is 0.0551. The van der Waals surface area contributed by atoms with Crippen molar-refractivity contribution in [3.8, 4) is 0 Å². The molecule has 0 bridgehead atoms. The van der Waals surface area contributed by atoms with Gasteiger partial charge in [0.2, 0.25) is 5.91 Å². The van der Waals surface area contributed by atoms with E-state index >= 15 is 0 Å². The molecule has 86 valence electrons. The molecule has 0 aliphatic carbocycles. The third-order valence-corrected chi connectivity index (χ3v) is 2.06. The van der Waals surface area contributed by atoms with Crippen LogP contribution in [0.1, 0.15) is 17.4 Å². The van der Waals surface area contributed by atoms with Crippen molar-refractivity contribution in [1.82, 2.24) is 4.98 Å². The maximum atomic E-state index is 10.8. The summed E-state index contributed by atoms with van der Waals surface area (Å²) < 4.78 is 0. The Morgan fingerprint density at radius 2 is 2.25 bits per heavy atom. The molecule has 0 aliphatic heterocycles. The molecule has 1 aromatic heterocycles. The van der Waals surface area contributed by atoms with Crippen molar-refractivity contribution < 1.29 is 14.7 Å². The van der Waals surface area contributed by atoms with Crippen molar-refractivity contribution in [3.63, 3.8) is 0 Å². The number of carbonyl (C=O) groups excluding carboxylic acids is 1. The average Bonchev–Trinajstić information content (AvgIpc) is 2.25. The Labute approximate surface area is 92.7 Å². The highest BCUT2D eigenvalue weighted by molar-refractivity contribution is 5.87. The second kappa shape index (κ2) is 5.11. The molecular formula is C10H13N3O3. The molecule has 1 heterocycles. The maximum Gasteiger partial charge on any atom is 0.354 e. The summed E-state index contributed by atoms with van der Waals surface area (Å²) in [6, 6.07) is 3.05. The Morgan fingerprint density at radius 1 is 1.56 bits per heavy atom. The van der Waals surface area contributed by atoms with E-state index in [1.54, 1.807) is 11.0 Å². The number of likely N-dealkylation sites (N-methyl/N-ethyl adjacent to an activating group) is 1. The zero-order valence-electron chi connectivity index (χ0n) is 8.88. The summed E-state index contributed by atoms with van der Waals surface area (Å²) in [4.78, 5) is 26.9. The molecule has 0 saturated carbocycles. The van der Waals surface area contributed by atoms with E-state index in [9.17, 15) is 9.59 Å². The Morgan fingerprint density at radius 3 is 2.75 bits per heavy atom. The van der Waals surface area contributed by atoms with E-state index in [0.717, 1.165) is 0 Å². The quantitative estimate of drug-likeness (QED) is 0.737. The van der Waals surface area contributed by atoms with Gasteiger partial charge in [-0.25, -0.2) is 9.78 Å². The summed E-state index contributed by atoms with van der Waals surface area (Å²) in [5.74, 6) is -1.56. The first-order valence-corrected chi connectivity index (χ1v) is 4.77. The Kier molecular flexibility index (Phi) is 3.82. The van der Waals surface area contributed by atoms with Crippen LogP contribution in [-0.2, 0) is 4.79 Å². The summed E-state index contributed by atoms with van der Waals surface area (Å²) in [6.45, 7) is 2.47. The number of hydrogen-bond donors (Lipinski definition) is 2. The molecule has 1 aromatic rings. The molecule has 0 aliphatic rings. The summed E-state index contributed by atoms with van der Waals surface area (Å²) >= 11 is 0. The van der Waals surface area contributed by atoms with Crippen LogP contribution in [0.4, 0.5) is 5.69 Å². The van der Waals surface area contributed by atoms with Crippen molar-refractivity contribution in [2.45, 2.75) is 6.92 Å². The van der Waals surface area contributed by atoms with Crippen LogP contribution in [0.5, 0.6) is 0 Å². The van der Waals surface area contributed by atoms with Gasteiger partial charge in [-0.1, -0.05) is 0 Å². The minimum Gasteiger partial charge on any atom is -0.477 e. The molecule has 1 rings (SSSR count). The molecule has 1 amide bonds. The number of hydrogen-bond acceptors (Lipinski definition) is 4. The van der Waals surface area contributed by atoms with Gasteiger partial charge in [0.15, 0.2) is 0 Å². The molecule has 0 radical (unpaired) electrons. The lowest BCUT2D eigenvalue weighted by Gasteiger charge is -2.21. The maximum absolute atomic E-state index is 10.8. The van der Waals surface area contributed by atoms with Gasteiger partial charge in [0.1, 0.15) is 5.69 Å². The van der Waals surface area contributed by atoms with Gasteiger partial charge in [0.25, 0.3) is 0 Å². The first-order chi connectivity index (χ1) is 7.54. The summed E-state index contributed by atoms with van der Waals surface area (Å²) in [6.07, 6.45) is 1.39. The van der Waals surface area contributed by atoms with Crippen LogP contribution in [0.15, 0.2) is 18.3 Å². The normalized spacial score (nSPS) is 9.81. The minimum atomic E-state index is -1.10. The van der Waals surface area contributed by atoms with Crippen LogP contribution in [0.3, 0.4) is 0 Å². The van der Waals surface area contributed by atoms with E-state index in [4.69, 9.17) is 10.8 Å². The molecule has 0 atom stereocenters. The van der Waals surface area contributed by atoms with Crippen LogP contribution in [0.2, 0.25) is 0 Å². The van der Waals surface area contributed by atoms with Gasteiger partial charge in [-0.2, -0.15) is 0 Å². The number of carbonyl (C=O) groups is 2. The zero-order chi connectivity index (χ0) is 12.1. The van der Waals surface area contributed by atoms with Gasteiger partial charge in [-0.3, -0.25) is 4.79 Å². The second-order valence-electron chi connectivity index (χ2n) is 3.18. The number of aromatic nitrogens is 1. The second-order valence-corrected chi connectivity index (χ2v) is 3.18. The molecule has 3 N–H and O–H groups in total. The molecule has 6 nitrogen and oxygen atoms in total. The fraction of sp³-hybridized carbons (Fsp3) is 0.300. The van der Waals surface area contributed by atoms with Crippen molar-refractivity contribution in [2.75, 3.05) is 18.0 Å². The number of carboxylic acid groups (broad SMARTS) is 1. The molecule has 0 spiro atoms. The predicted octanol–water partition coefficient (Wildman–Crippen LogP) is 0.0914. The number of nitrogens with zero attached hydrogens (tertiary/aromatic N) is 2. The van der Waals surface area contributed by atoms with Crippen LogP contribution in [0.25, 0.3) is 0 Å². The third kappa shape index (κ3) is 2.94. The summed E-state index contributed by atoms with van der Waals surface area (Å²) in [5, 5.41) is 8.77. The Bertz CT molecular complexity index is 406. The highest BCUT2D eigenvalue weighted by Gasteiger charge is 2.10. The number of rotatable bonds is 5. The van der Waals surface area contributed by atoms with Crippen LogP contribution in [0, 0.1) is 0 Å². The Hall–Kier alpha value is -2.11. The number of carboxylic acids is 1. The molecule has 16 heavy (non-hydrogen) atoms.